The molecular weight excluding hydrogens is 316 g/mol. The Kier molecular flexibility index (Phi) is 4.35. The number of benzene rings is 1. The van der Waals surface area contributed by atoms with E-state index in [2.05, 4.69) is 40.4 Å². The number of nitrogens with zero attached hydrogens (tertiary/aromatic N) is 2. The van der Waals surface area contributed by atoms with Crippen molar-refractivity contribution in [2.24, 2.45) is 0 Å². The summed E-state index contributed by atoms with van der Waals surface area (Å²) in [5.74, 6) is 0. The summed E-state index contributed by atoms with van der Waals surface area (Å²) >= 11 is 6.24. The number of fused-ring (bicyclic) bond motifs is 3. The molecule has 3 heterocycles. The van der Waals surface area contributed by atoms with Gasteiger partial charge in [-0.25, -0.2) is 4.98 Å². The Hall–Kier alpha value is -1.76. The number of halogens is 1. The fourth-order valence-electron chi connectivity index (χ4n) is 4.46. The smallest absolute Gasteiger partial charge is 0.136 e. The van der Waals surface area contributed by atoms with E-state index in [1.54, 1.807) is 6.20 Å². The first-order chi connectivity index (χ1) is 11.8. The number of hydrogen-bond donors (Lipinski definition) is 0. The van der Waals surface area contributed by atoms with Crippen LogP contribution in [0.2, 0.25) is 5.15 Å². The second-order valence-corrected chi connectivity index (χ2v) is 7.36. The van der Waals surface area contributed by atoms with Crippen molar-refractivity contribution >= 4 is 22.4 Å². The highest BCUT2D eigenvalue weighted by Crippen LogP contribution is 2.39. The van der Waals surface area contributed by atoms with Gasteiger partial charge in [0, 0.05) is 23.7 Å². The molecule has 2 atom stereocenters. The first-order valence-electron chi connectivity index (χ1n) is 8.96. The van der Waals surface area contributed by atoms with E-state index < -0.39 is 0 Å². The fraction of sp³-hybridized carbons (Fsp3) is 0.429. The number of pyridine rings is 1. The van der Waals surface area contributed by atoms with E-state index in [4.69, 9.17) is 11.6 Å². The molecule has 2 aliphatic heterocycles. The van der Waals surface area contributed by atoms with Gasteiger partial charge in [-0.05, 0) is 68.0 Å². The molecule has 2 fully saturated rings. The molecule has 0 aliphatic carbocycles. The van der Waals surface area contributed by atoms with Crippen LogP contribution in [0, 0.1) is 0 Å². The Balaban J connectivity index is 1.51. The standard InChI is InChI=1S/C21H23ClN2/c1-2-17(24-18-4-3-5-19(24)11-10-18)9-7-15-6-8-16-12-13-23-21(22)20(16)14-15/h6,8,12-14,18-19H,1,3-5,7,9-11H2. The molecule has 2 bridgehead atoms. The zero-order chi connectivity index (χ0) is 16.5. The zero-order valence-electron chi connectivity index (χ0n) is 14.0. The van der Waals surface area contributed by atoms with Gasteiger partial charge in [0.15, 0.2) is 0 Å². The van der Waals surface area contributed by atoms with Crippen molar-refractivity contribution in [1.82, 2.24) is 9.88 Å². The molecule has 0 N–H and O–H groups in total. The number of aromatic nitrogens is 1. The van der Waals surface area contributed by atoms with Gasteiger partial charge >= 0.3 is 0 Å². The summed E-state index contributed by atoms with van der Waals surface area (Å²) in [6.07, 6.45) is 10.5. The van der Waals surface area contributed by atoms with Crippen LogP contribution in [0.3, 0.4) is 0 Å². The minimum absolute atomic E-state index is 0.586. The second-order valence-electron chi connectivity index (χ2n) is 7.00. The summed E-state index contributed by atoms with van der Waals surface area (Å²) in [6.45, 7) is 3.97. The van der Waals surface area contributed by atoms with E-state index in [9.17, 15) is 0 Å². The molecule has 2 aromatic rings. The van der Waals surface area contributed by atoms with Crippen LogP contribution in [0.5, 0.6) is 0 Å². The number of allylic oxidation sites excluding steroid dienone is 1. The van der Waals surface area contributed by atoms with E-state index in [1.807, 2.05) is 6.07 Å². The summed E-state index contributed by atoms with van der Waals surface area (Å²) in [4.78, 5) is 6.82. The maximum atomic E-state index is 6.24. The Morgan fingerprint density at radius 3 is 2.75 bits per heavy atom. The van der Waals surface area contributed by atoms with Crippen LogP contribution in [0.15, 0.2) is 48.5 Å². The van der Waals surface area contributed by atoms with Crippen LogP contribution < -0.4 is 0 Å². The van der Waals surface area contributed by atoms with Crippen molar-refractivity contribution in [3.63, 3.8) is 0 Å². The molecule has 4 rings (SSSR count). The van der Waals surface area contributed by atoms with Crippen molar-refractivity contribution in [3.8, 4) is 0 Å². The lowest BCUT2D eigenvalue weighted by Crippen LogP contribution is -2.38. The lowest BCUT2D eigenvalue weighted by molar-refractivity contribution is 0.182. The maximum Gasteiger partial charge on any atom is 0.136 e. The van der Waals surface area contributed by atoms with Crippen molar-refractivity contribution in [2.45, 2.75) is 57.0 Å². The highest BCUT2D eigenvalue weighted by Gasteiger charge is 2.37. The Bertz CT molecular complexity index is 791. The maximum absolute atomic E-state index is 6.24. The summed E-state index contributed by atoms with van der Waals surface area (Å²) in [6, 6.07) is 9.97. The first-order valence-corrected chi connectivity index (χ1v) is 9.34. The predicted octanol–water partition coefficient (Wildman–Crippen LogP) is 5.51. The summed E-state index contributed by atoms with van der Waals surface area (Å²) in [7, 11) is 0. The van der Waals surface area contributed by atoms with Gasteiger partial charge in [-0.1, -0.05) is 30.3 Å². The van der Waals surface area contributed by atoms with Gasteiger partial charge in [0.2, 0.25) is 0 Å². The molecule has 2 saturated heterocycles. The highest BCUT2D eigenvalue weighted by molar-refractivity contribution is 6.34. The van der Waals surface area contributed by atoms with Crippen molar-refractivity contribution in [1.29, 1.82) is 0 Å². The van der Waals surface area contributed by atoms with Crippen LogP contribution in [0.25, 0.3) is 10.8 Å². The number of aryl methyl sites for hydroxylation is 1. The molecular formula is C21H23ClN2. The molecule has 0 saturated carbocycles. The molecule has 124 valence electrons. The van der Waals surface area contributed by atoms with Crippen molar-refractivity contribution in [2.75, 3.05) is 0 Å². The zero-order valence-corrected chi connectivity index (χ0v) is 14.7. The number of piperidine rings is 1. The van der Waals surface area contributed by atoms with Crippen LogP contribution >= 0.6 is 11.6 Å². The minimum atomic E-state index is 0.586. The molecule has 24 heavy (non-hydrogen) atoms. The first kappa shape index (κ1) is 15.7. The highest BCUT2D eigenvalue weighted by atomic mass is 35.5. The van der Waals surface area contributed by atoms with Crippen LogP contribution in [-0.4, -0.2) is 22.0 Å². The average molecular weight is 339 g/mol. The molecule has 1 aromatic carbocycles. The molecule has 0 spiro atoms. The van der Waals surface area contributed by atoms with Gasteiger partial charge < -0.3 is 4.90 Å². The Morgan fingerprint density at radius 2 is 2.00 bits per heavy atom. The third-order valence-electron chi connectivity index (χ3n) is 5.64. The molecule has 2 unspecified atom stereocenters. The Morgan fingerprint density at radius 1 is 1.21 bits per heavy atom. The van der Waals surface area contributed by atoms with Gasteiger partial charge in [0.05, 0.1) is 5.70 Å². The topological polar surface area (TPSA) is 16.1 Å². The van der Waals surface area contributed by atoms with Crippen molar-refractivity contribution in [3.05, 3.63) is 59.2 Å². The molecule has 2 aliphatic rings. The van der Waals surface area contributed by atoms with E-state index in [0.29, 0.717) is 5.15 Å². The van der Waals surface area contributed by atoms with Gasteiger partial charge in [-0.15, -0.1) is 5.73 Å². The van der Waals surface area contributed by atoms with E-state index in [-0.39, 0.29) is 0 Å². The normalized spacial score (nSPS) is 22.6. The quantitative estimate of drug-likeness (QED) is 0.540. The monoisotopic (exact) mass is 338 g/mol. The molecule has 0 radical (unpaired) electrons. The molecule has 3 heteroatoms. The fourth-order valence-corrected chi connectivity index (χ4v) is 4.68. The molecule has 2 nitrogen and oxygen atoms in total. The predicted molar refractivity (Wildman–Crippen MR) is 100 cm³/mol. The Labute approximate surface area is 148 Å². The molecule has 0 amide bonds. The third kappa shape index (κ3) is 2.85. The van der Waals surface area contributed by atoms with E-state index in [1.165, 1.54) is 43.4 Å². The average Bonchev–Trinajstić information content (AvgIpc) is 2.85. The third-order valence-corrected chi connectivity index (χ3v) is 5.94. The van der Waals surface area contributed by atoms with Gasteiger partial charge in [-0.3, -0.25) is 0 Å². The summed E-state index contributed by atoms with van der Waals surface area (Å²) < 4.78 is 0. The minimum Gasteiger partial charge on any atom is -0.363 e. The van der Waals surface area contributed by atoms with Crippen LogP contribution in [0.1, 0.15) is 44.1 Å². The van der Waals surface area contributed by atoms with Gasteiger partial charge in [-0.2, -0.15) is 0 Å². The second kappa shape index (κ2) is 6.63. The largest absolute Gasteiger partial charge is 0.363 e. The number of hydrogen-bond acceptors (Lipinski definition) is 2. The SMILES string of the molecule is C=C=C(CCc1ccc2ccnc(Cl)c2c1)N1C2CCCC1CC2. The summed E-state index contributed by atoms with van der Waals surface area (Å²) in [5.41, 5.74) is 5.85. The molecule has 1 aromatic heterocycles. The van der Waals surface area contributed by atoms with Crippen LogP contribution in [-0.2, 0) is 6.42 Å². The van der Waals surface area contributed by atoms with Crippen LogP contribution in [0.4, 0.5) is 0 Å². The van der Waals surface area contributed by atoms with Gasteiger partial charge in [0.1, 0.15) is 5.15 Å². The van der Waals surface area contributed by atoms with Crippen molar-refractivity contribution < 1.29 is 0 Å². The lowest BCUT2D eigenvalue weighted by atomic mass is 9.99. The lowest BCUT2D eigenvalue weighted by Gasteiger charge is -2.37. The summed E-state index contributed by atoms with van der Waals surface area (Å²) in [5, 5.41) is 2.77. The van der Waals surface area contributed by atoms with E-state index in [0.717, 1.165) is 35.7 Å². The van der Waals surface area contributed by atoms with E-state index >= 15 is 0 Å². The number of rotatable bonds is 4. The van der Waals surface area contributed by atoms with Gasteiger partial charge in [0.25, 0.3) is 0 Å².